The molecule has 2 N–H and O–H groups in total. The van der Waals surface area contributed by atoms with Crippen molar-refractivity contribution in [1.29, 1.82) is 0 Å². The van der Waals surface area contributed by atoms with Crippen molar-refractivity contribution in [3.63, 3.8) is 0 Å². The summed E-state index contributed by atoms with van der Waals surface area (Å²) in [6, 6.07) is 5.13. The van der Waals surface area contributed by atoms with Gasteiger partial charge in [-0.25, -0.2) is 14.6 Å². The molecule has 8 nitrogen and oxygen atoms in total. The summed E-state index contributed by atoms with van der Waals surface area (Å²) in [5, 5.41) is 4.69. The number of rotatable bonds is 2. The van der Waals surface area contributed by atoms with E-state index >= 15 is 0 Å². The van der Waals surface area contributed by atoms with E-state index in [2.05, 4.69) is 4.98 Å². The van der Waals surface area contributed by atoms with E-state index in [0.29, 0.717) is 43.5 Å². The van der Waals surface area contributed by atoms with Gasteiger partial charge in [0.2, 0.25) is 0 Å². The van der Waals surface area contributed by atoms with E-state index in [0.717, 1.165) is 37.7 Å². The first-order chi connectivity index (χ1) is 12.2. The number of anilines is 1. The second-order valence-electron chi connectivity index (χ2n) is 6.49. The minimum Gasteiger partial charge on any atom is -0.384 e. The number of nitrogen functional groups attached to an aromatic ring is 1. The zero-order valence-electron chi connectivity index (χ0n) is 14.1. The molecule has 132 valence electrons. The summed E-state index contributed by atoms with van der Waals surface area (Å²) in [6.45, 7) is 3.42. The Morgan fingerprint density at radius 2 is 2.00 bits per heavy atom. The van der Waals surface area contributed by atoms with E-state index in [1.807, 2.05) is 4.68 Å². The smallest absolute Gasteiger partial charge is 0.272 e. The van der Waals surface area contributed by atoms with Gasteiger partial charge in [0.25, 0.3) is 5.91 Å². The van der Waals surface area contributed by atoms with Crippen LogP contribution in [-0.2, 0) is 17.7 Å². The van der Waals surface area contributed by atoms with Crippen LogP contribution in [0, 0.1) is 0 Å². The van der Waals surface area contributed by atoms with E-state index in [1.165, 1.54) is 0 Å². The van der Waals surface area contributed by atoms with Gasteiger partial charge in [0, 0.05) is 38.6 Å². The Bertz CT molecular complexity index is 743. The summed E-state index contributed by atoms with van der Waals surface area (Å²) in [6.07, 6.45) is 2.66. The zero-order valence-corrected chi connectivity index (χ0v) is 14.1. The first-order valence-corrected chi connectivity index (χ1v) is 8.74. The Kier molecular flexibility index (Phi) is 4.35. The minimum absolute atomic E-state index is 0.0947. The number of aromatic nitrogens is 4. The topological polar surface area (TPSA) is 99.2 Å². The molecule has 0 saturated carbocycles. The van der Waals surface area contributed by atoms with Crippen molar-refractivity contribution in [1.82, 2.24) is 24.6 Å². The van der Waals surface area contributed by atoms with Gasteiger partial charge < -0.3 is 15.4 Å². The van der Waals surface area contributed by atoms with Gasteiger partial charge in [-0.2, -0.15) is 5.10 Å². The number of amides is 1. The predicted molar refractivity (Wildman–Crippen MR) is 91.1 cm³/mol. The molecule has 0 bridgehead atoms. The largest absolute Gasteiger partial charge is 0.384 e. The van der Waals surface area contributed by atoms with Gasteiger partial charge >= 0.3 is 0 Å². The Balaban J connectivity index is 1.45. The van der Waals surface area contributed by atoms with E-state index in [1.54, 1.807) is 23.1 Å². The molecule has 4 heterocycles. The maximum absolute atomic E-state index is 12.6. The number of carbonyl (C=O) groups is 1. The molecule has 2 aliphatic heterocycles. The number of nitrogens with two attached hydrogens (primary N) is 1. The van der Waals surface area contributed by atoms with E-state index < -0.39 is 0 Å². The average Bonchev–Trinajstić information content (AvgIpc) is 2.95. The number of carbonyl (C=O) groups excluding carboxylic acids is 1. The molecule has 2 aliphatic rings. The fourth-order valence-corrected chi connectivity index (χ4v) is 3.38. The lowest BCUT2D eigenvalue weighted by Gasteiger charge is -2.20. The Hall–Kier alpha value is -2.48. The van der Waals surface area contributed by atoms with Crippen LogP contribution in [0.1, 0.15) is 40.9 Å². The molecule has 1 saturated heterocycles. The van der Waals surface area contributed by atoms with Gasteiger partial charge in [0.15, 0.2) is 5.82 Å². The van der Waals surface area contributed by atoms with Crippen LogP contribution in [0.15, 0.2) is 18.2 Å². The van der Waals surface area contributed by atoms with Crippen LogP contribution in [0.5, 0.6) is 0 Å². The van der Waals surface area contributed by atoms with Crippen molar-refractivity contribution >= 4 is 11.7 Å². The van der Waals surface area contributed by atoms with Gasteiger partial charge in [-0.3, -0.25) is 4.79 Å². The molecule has 25 heavy (non-hydrogen) atoms. The summed E-state index contributed by atoms with van der Waals surface area (Å²) < 4.78 is 7.36. The molecule has 0 aromatic carbocycles. The highest BCUT2D eigenvalue weighted by Crippen LogP contribution is 2.25. The van der Waals surface area contributed by atoms with Gasteiger partial charge in [0.1, 0.15) is 17.3 Å². The van der Waals surface area contributed by atoms with Gasteiger partial charge in [-0.1, -0.05) is 6.07 Å². The monoisotopic (exact) mass is 342 g/mol. The van der Waals surface area contributed by atoms with E-state index in [9.17, 15) is 4.79 Å². The highest BCUT2D eigenvalue weighted by Gasteiger charge is 2.25. The molecule has 0 unspecified atom stereocenters. The van der Waals surface area contributed by atoms with Crippen molar-refractivity contribution in [3.8, 4) is 0 Å². The van der Waals surface area contributed by atoms with Gasteiger partial charge in [-0.05, 0) is 25.0 Å². The third-order valence-electron chi connectivity index (χ3n) is 4.82. The predicted octanol–water partition coefficient (Wildman–Crippen LogP) is 0.848. The highest BCUT2D eigenvalue weighted by atomic mass is 16.5. The fourth-order valence-electron chi connectivity index (χ4n) is 3.38. The summed E-state index contributed by atoms with van der Waals surface area (Å²) in [5.41, 5.74) is 6.07. The number of fused-ring (bicyclic) bond motifs is 1. The highest BCUT2D eigenvalue weighted by molar-refractivity contribution is 5.92. The molecular formula is C17H22N6O2. The van der Waals surface area contributed by atoms with Crippen molar-refractivity contribution in [2.45, 2.75) is 31.7 Å². The lowest BCUT2D eigenvalue weighted by molar-refractivity contribution is 0.0751. The van der Waals surface area contributed by atoms with Gasteiger partial charge in [0.05, 0.1) is 6.54 Å². The average molecular weight is 342 g/mol. The number of ether oxygens (including phenoxy) is 1. The molecule has 0 atom stereocenters. The normalized spacial score (nSPS) is 18.6. The molecule has 1 amide bonds. The van der Waals surface area contributed by atoms with Crippen molar-refractivity contribution in [3.05, 3.63) is 35.5 Å². The number of pyridine rings is 1. The molecule has 2 aromatic heterocycles. The van der Waals surface area contributed by atoms with Crippen LogP contribution in [0.4, 0.5) is 5.82 Å². The summed E-state index contributed by atoms with van der Waals surface area (Å²) in [5.74, 6) is 2.54. The third kappa shape index (κ3) is 3.34. The minimum atomic E-state index is -0.0947. The second-order valence-corrected chi connectivity index (χ2v) is 6.49. The Labute approximate surface area is 146 Å². The molecule has 0 spiro atoms. The van der Waals surface area contributed by atoms with Crippen LogP contribution in [0.3, 0.4) is 0 Å². The standard InChI is InChI=1S/C17H22N6O2/c18-14-3-1-2-13(19-14)17(24)22-7-4-15-20-16(21-23(15)9-8-22)12-5-10-25-11-6-12/h1-3,12H,4-11H2,(H2,18,19). The number of hydrogen-bond acceptors (Lipinski definition) is 6. The fraction of sp³-hybridized carbons (Fsp3) is 0.529. The maximum Gasteiger partial charge on any atom is 0.272 e. The quantitative estimate of drug-likeness (QED) is 0.868. The number of hydrogen-bond donors (Lipinski definition) is 1. The lowest BCUT2D eigenvalue weighted by atomic mass is 10.00. The van der Waals surface area contributed by atoms with E-state index in [4.69, 9.17) is 20.6 Å². The molecular weight excluding hydrogens is 320 g/mol. The van der Waals surface area contributed by atoms with Crippen LogP contribution in [0.2, 0.25) is 0 Å². The van der Waals surface area contributed by atoms with Gasteiger partial charge in [-0.15, -0.1) is 0 Å². The summed E-state index contributed by atoms with van der Waals surface area (Å²) in [4.78, 5) is 23.3. The van der Waals surface area contributed by atoms with Crippen LogP contribution >= 0.6 is 0 Å². The Morgan fingerprint density at radius 1 is 1.16 bits per heavy atom. The summed E-state index contributed by atoms with van der Waals surface area (Å²) >= 11 is 0. The number of nitrogens with zero attached hydrogens (tertiary/aromatic N) is 5. The van der Waals surface area contributed by atoms with Crippen LogP contribution in [-0.4, -0.2) is 56.9 Å². The first kappa shape index (κ1) is 16.0. The third-order valence-corrected chi connectivity index (χ3v) is 4.82. The Morgan fingerprint density at radius 3 is 2.80 bits per heavy atom. The zero-order chi connectivity index (χ0) is 17.2. The first-order valence-electron chi connectivity index (χ1n) is 8.74. The molecule has 0 aliphatic carbocycles. The second kappa shape index (κ2) is 6.79. The lowest BCUT2D eigenvalue weighted by Crippen LogP contribution is -2.34. The van der Waals surface area contributed by atoms with Crippen molar-refractivity contribution in [2.75, 3.05) is 32.0 Å². The SMILES string of the molecule is Nc1cccc(C(=O)N2CCc3nc(C4CCOCC4)nn3CC2)n1. The van der Waals surface area contributed by atoms with Crippen LogP contribution < -0.4 is 5.73 Å². The molecule has 2 aromatic rings. The van der Waals surface area contributed by atoms with Crippen LogP contribution in [0.25, 0.3) is 0 Å². The van der Waals surface area contributed by atoms with Crippen molar-refractivity contribution < 1.29 is 9.53 Å². The van der Waals surface area contributed by atoms with E-state index in [-0.39, 0.29) is 5.91 Å². The maximum atomic E-state index is 12.6. The molecule has 1 fully saturated rings. The molecule has 8 heteroatoms. The van der Waals surface area contributed by atoms with Crippen molar-refractivity contribution in [2.24, 2.45) is 0 Å². The summed E-state index contributed by atoms with van der Waals surface area (Å²) in [7, 11) is 0. The molecule has 0 radical (unpaired) electrons. The molecule has 4 rings (SSSR count).